The zero-order valence-electron chi connectivity index (χ0n) is 10.5. The van der Waals surface area contributed by atoms with Gasteiger partial charge < -0.3 is 9.64 Å². The molecule has 1 aliphatic heterocycles. The second-order valence-electron chi connectivity index (χ2n) is 5.66. The minimum absolute atomic E-state index is 0.165. The first-order chi connectivity index (χ1) is 6.79. The van der Waals surface area contributed by atoms with E-state index in [0.717, 1.165) is 13.0 Å². The number of carbonyl (C=O) groups is 1. The standard InChI is InChI=1S/C12H23NO2/c1-9-6-7-10(2)13(8-9)11(14)15-12(3,4)5/h9-10H,6-8H2,1-5H3/t9-,10+/m1/s1. The fourth-order valence-corrected chi connectivity index (χ4v) is 1.86. The van der Waals surface area contributed by atoms with E-state index in [1.807, 2.05) is 25.7 Å². The quantitative estimate of drug-likeness (QED) is 0.619. The third-order valence-corrected chi connectivity index (χ3v) is 2.75. The smallest absolute Gasteiger partial charge is 0.410 e. The molecule has 1 fully saturated rings. The maximum atomic E-state index is 11.9. The van der Waals surface area contributed by atoms with Crippen molar-refractivity contribution in [1.82, 2.24) is 4.90 Å². The van der Waals surface area contributed by atoms with E-state index in [-0.39, 0.29) is 6.09 Å². The van der Waals surface area contributed by atoms with E-state index in [1.54, 1.807) is 0 Å². The van der Waals surface area contributed by atoms with Crippen LogP contribution in [-0.4, -0.2) is 29.2 Å². The van der Waals surface area contributed by atoms with Crippen molar-refractivity contribution < 1.29 is 9.53 Å². The molecule has 1 aliphatic rings. The molecular weight excluding hydrogens is 190 g/mol. The molecule has 3 heteroatoms. The van der Waals surface area contributed by atoms with Crippen LogP contribution in [0.4, 0.5) is 4.79 Å². The average Bonchev–Trinajstić information content (AvgIpc) is 2.06. The van der Waals surface area contributed by atoms with E-state index >= 15 is 0 Å². The molecule has 88 valence electrons. The summed E-state index contributed by atoms with van der Waals surface area (Å²) in [7, 11) is 0. The Balaban J connectivity index is 2.57. The summed E-state index contributed by atoms with van der Waals surface area (Å²) < 4.78 is 5.38. The Kier molecular flexibility index (Phi) is 3.63. The predicted molar refractivity (Wildman–Crippen MR) is 60.8 cm³/mol. The van der Waals surface area contributed by atoms with Gasteiger partial charge in [0.25, 0.3) is 0 Å². The van der Waals surface area contributed by atoms with Crippen LogP contribution in [0.1, 0.15) is 47.5 Å². The Morgan fingerprint density at radius 2 is 1.87 bits per heavy atom. The second-order valence-corrected chi connectivity index (χ2v) is 5.66. The van der Waals surface area contributed by atoms with Crippen LogP contribution in [0.25, 0.3) is 0 Å². The van der Waals surface area contributed by atoms with Crippen LogP contribution in [0.2, 0.25) is 0 Å². The SMILES string of the molecule is C[C@@H]1CC[C@H](C)N(C(=O)OC(C)(C)C)C1. The molecule has 3 nitrogen and oxygen atoms in total. The summed E-state index contributed by atoms with van der Waals surface area (Å²) >= 11 is 0. The normalized spacial score (nSPS) is 27.7. The van der Waals surface area contributed by atoms with Crippen molar-refractivity contribution in [2.75, 3.05) is 6.54 Å². The van der Waals surface area contributed by atoms with Gasteiger partial charge in [-0.15, -0.1) is 0 Å². The van der Waals surface area contributed by atoms with E-state index in [1.165, 1.54) is 6.42 Å². The van der Waals surface area contributed by atoms with Gasteiger partial charge in [0.15, 0.2) is 0 Å². The second kappa shape index (κ2) is 4.42. The van der Waals surface area contributed by atoms with Crippen molar-refractivity contribution in [2.45, 2.75) is 59.1 Å². The van der Waals surface area contributed by atoms with Crippen LogP contribution in [0.3, 0.4) is 0 Å². The zero-order chi connectivity index (χ0) is 11.6. The number of piperidine rings is 1. The van der Waals surface area contributed by atoms with Gasteiger partial charge in [-0.05, 0) is 46.5 Å². The molecule has 1 saturated heterocycles. The fourth-order valence-electron chi connectivity index (χ4n) is 1.86. The van der Waals surface area contributed by atoms with Crippen LogP contribution < -0.4 is 0 Å². The molecule has 1 rings (SSSR count). The number of rotatable bonds is 0. The Hall–Kier alpha value is -0.730. The molecule has 0 N–H and O–H groups in total. The first-order valence-corrected chi connectivity index (χ1v) is 5.79. The molecule has 0 aromatic rings. The number of carbonyl (C=O) groups excluding carboxylic acids is 1. The number of hydrogen-bond donors (Lipinski definition) is 0. The van der Waals surface area contributed by atoms with Crippen molar-refractivity contribution in [2.24, 2.45) is 5.92 Å². The van der Waals surface area contributed by atoms with Crippen molar-refractivity contribution in [3.63, 3.8) is 0 Å². The van der Waals surface area contributed by atoms with Gasteiger partial charge in [-0.3, -0.25) is 0 Å². The zero-order valence-corrected chi connectivity index (χ0v) is 10.5. The highest BCUT2D eigenvalue weighted by atomic mass is 16.6. The largest absolute Gasteiger partial charge is 0.444 e. The third kappa shape index (κ3) is 3.73. The molecule has 0 aliphatic carbocycles. The molecule has 0 radical (unpaired) electrons. The average molecular weight is 213 g/mol. The molecule has 0 saturated carbocycles. The van der Waals surface area contributed by atoms with Gasteiger partial charge in [-0.1, -0.05) is 6.92 Å². The summed E-state index contributed by atoms with van der Waals surface area (Å²) in [6, 6.07) is 0.316. The molecule has 0 bridgehead atoms. The highest BCUT2D eigenvalue weighted by Crippen LogP contribution is 2.23. The van der Waals surface area contributed by atoms with Crippen LogP contribution in [0.5, 0.6) is 0 Å². The molecule has 0 spiro atoms. The Morgan fingerprint density at radius 3 is 2.40 bits per heavy atom. The van der Waals surface area contributed by atoms with Crippen LogP contribution >= 0.6 is 0 Å². The molecule has 1 heterocycles. The van der Waals surface area contributed by atoms with Gasteiger partial charge in [0.05, 0.1) is 0 Å². The minimum Gasteiger partial charge on any atom is -0.444 e. The third-order valence-electron chi connectivity index (χ3n) is 2.75. The summed E-state index contributed by atoms with van der Waals surface area (Å²) in [5, 5.41) is 0. The van der Waals surface area contributed by atoms with Crippen molar-refractivity contribution in [3.05, 3.63) is 0 Å². The van der Waals surface area contributed by atoms with Gasteiger partial charge >= 0.3 is 6.09 Å². The maximum Gasteiger partial charge on any atom is 0.410 e. The lowest BCUT2D eigenvalue weighted by Crippen LogP contribution is -2.47. The highest BCUT2D eigenvalue weighted by molar-refractivity contribution is 5.68. The number of hydrogen-bond acceptors (Lipinski definition) is 2. The summed E-state index contributed by atoms with van der Waals surface area (Å²) in [5.41, 5.74) is -0.391. The summed E-state index contributed by atoms with van der Waals surface area (Å²) in [6.07, 6.45) is 2.13. The lowest BCUT2D eigenvalue weighted by Gasteiger charge is -2.37. The molecule has 2 atom stereocenters. The van der Waals surface area contributed by atoms with E-state index in [2.05, 4.69) is 13.8 Å². The topological polar surface area (TPSA) is 29.5 Å². The molecule has 15 heavy (non-hydrogen) atoms. The molecule has 0 unspecified atom stereocenters. The van der Waals surface area contributed by atoms with Gasteiger partial charge in [-0.2, -0.15) is 0 Å². The highest BCUT2D eigenvalue weighted by Gasteiger charge is 2.30. The number of likely N-dealkylation sites (tertiary alicyclic amines) is 1. The van der Waals surface area contributed by atoms with Crippen LogP contribution in [-0.2, 0) is 4.74 Å². The first-order valence-electron chi connectivity index (χ1n) is 5.79. The Bertz CT molecular complexity index is 232. The van der Waals surface area contributed by atoms with E-state index < -0.39 is 5.60 Å². The van der Waals surface area contributed by atoms with E-state index in [4.69, 9.17) is 4.74 Å². The monoisotopic (exact) mass is 213 g/mol. The van der Waals surface area contributed by atoms with Crippen LogP contribution in [0, 0.1) is 5.92 Å². The molecule has 0 aromatic heterocycles. The molecule has 1 amide bonds. The summed E-state index contributed by atoms with van der Waals surface area (Å²) in [6.45, 7) is 10.8. The van der Waals surface area contributed by atoms with Gasteiger partial charge in [0.2, 0.25) is 0 Å². The van der Waals surface area contributed by atoms with Crippen LogP contribution in [0.15, 0.2) is 0 Å². The lowest BCUT2D eigenvalue weighted by molar-refractivity contribution is 0.00654. The fraction of sp³-hybridized carbons (Fsp3) is 0.917. The van der Waals surface area contributed by atoms with Crippen molar-refractivity contribution in [1.29, 1.82) is 0 Å². The first kappa shape index (κ1) is 12.3. The van der Waals surface area contributed by atoms with Crippen molar-refractivity contribution >= 4 is 6.09 Å². The number of nitrogens with zero attached hydrogens (tertiary/aromatic N) is 1. The molecular formula is C12H23NO2. The number of ether oxygens (including phenoxy) is 1. The van der Waals surface area contributed by atoms with Gasteiger partial charge in [0, 0.05) is 12.6 Å². The minimum atomic E-state index is -0.391. The van der Waals surface area contributed by atoms with Gasteiger partial charge in [-0.25, -0.2) is 4.79 Å². The predicted octanol–water partition coefficient (Wildman–Crippen LogP) is 3.04. The van der Waals surface area contributed by atoms with Gasteiger partial charge in [0.1, 0.15) is 5.60 Å². The lowest BCUT2D eigenvalue weighted by atomic mass is 9.95. The maximum absolute atomic E-state index is 11.9. The number of amides is 1. The molecule has 0 aromatic carbocycles. The van der Waals surface area contributed by atoms with E-state index in [0.29, 0.717) is 12.0 Å². The van der Waals surface area contributed by atoms with E-state index in [9.17, 15) is 4.79 Å². The Morgan fingerprint density at radius 1 is 1.27 bits per heavy atom. The summed E-state index contributed by atoms with van der Waals surface area (Å²) in [5.74, 6) is 0.591. The van der Waals surface area contributed by atoms with Crippen molar-refractivity contribution in [3.8, 4) is 0 Å². The summed E-state index contributed by atoms with van der Waals surface area (Å²) in [4.78, 5) is 13.7. The Labute approximate surface area is 92.8 Å².